The molecule has 2 aromatic rings. The number of sulfonamides is 1. The van der Waals surface area contributed by atoms with E-state index in [1.54, 1.807) is 40.1 Å². The van der Waals surface area contributed by atoms with Crippen LogP contribution in [0.25, 0.3) is 0 Å². The maximum atomic E-state index is 13.1. The van der Waals surface area contributed by atoms with Gasteiger partial charge in [-0.3, -0.25) is 9.59 Å². The third kappa shape index (κ3) is 4.01. The molecule has 30 heavy (non-hydrogen) atoms. The molecular weight excluding hydrogens is 422 g/mol. The highest BCUT2D eigenvalue weighted by molar-refractivity contribution is 7.89. The number of carbonyl (C=O) groups excluding carboxylic acids is 2. The molecule has 0 radical (unpaired) electrons. The maximum Gasteiger partial charge on any atom is 0.264 e. The van der Waals surface area contributed by atoms with Crippen molar-refractivity contribution in [2.75, 3.05) is 32.7 Å². The predicted molar refractivity (Wildman–Crippen MR) is 115 cm³/mol. The number of hydrogen-bond acceptors (Lipinski definition) is 5. The summed E-state index contributed by atoms with van der Waals surface area (Å²) in [6.45, 7) is 3.68. The van der Waals surface area contributed by atoms with E-state index in [2.05, 4.69) is 0 Å². The fourth-order valence-corrected chi connectivity index (χ4v) is 6.13. The Hall–Kier alpha value is -2.23. The molecule has 7 nitrogen and oxygen atoms in total. The Balaban J connectivity index is 1.40. The lowest BCUT2D eigenvalue weighted by atomic mass is 10.1. The summed E-state index contributed by atoms with van der Waals surface area (Å²) in [5.74, 6) is -0.175. The first kappa shape index (κ1) is 21.0. The second kappa shape index (κ2) is 8.49. The fourth-order valence-electron chi connectivity index (χ4n) is 4.03. The minimum absolute atomic E-state index is 0.0789. The van der Waals surface area contributed by atoms with Crippen LogP contribution in [0.5, 0.6) is 0 Å². The number of amides is 2. The second-order valence-electron chi connectivity index (χ2n) is 7.68. The number of benzene rings is 1. The molecule has 2 amide bonds. The summed E-state index contributed by atoms with van der Waals surface area (Å²) in [5.41, 5.74) is 1.00. The van der Waals surface area contributed by atoms with Crippen molar-refractivity contribution < 1.29 is 18.0 Å². The van der Waals surface area contributed by atoms with E-state index in [1.807, 2.05) is 18.4 Å². The molecule has 0 bridgehead atoms. The van der Waals surface area contributed by atoms with Crippen LogP contribution in [-0.2, 0) is 14.8 Å². The topological polar surface area (TPSA) is 78.0 Å². The molecule has 1 aromatic carbocycles. The Morgan fingerprint density at radius 1 is 1.00 bits per heavy atom. The van der Waals surface area contributed by atoms with E-state index in [-0.39, 0.29) is 29.8 Å². The highest BCUT2D eigenvalue weighted by Crippen LogP contribution is 2.25. The molecule has 4 rings (SSSR count). The number of piperazine rings is 1. The molecule has 0 saturated carbocycles. The molecule has 0 unspecified atom stereocenters. The number of nitrogens with zero attached hydrogens (tertiary/aromatic N) is 3. The van der Waals surface area contributed by atoms with Crippen LogP contribution >= 0.6 is 11.3 Å². The molecule has 3 heterocycles. The average molecular weight is 448 g/mol. The minimum Gasteiger partial charge on any atom is -0.338 e. The quantitative estimate of drug-likeness (QED) is 0.720. The van der Waals surface area contributed by atoms with Gasteiger partial charge in [-0.2, -0.15) is 4.31 Å². The Bertz CT molecular complexity index is 1010. The van der Waals surface area contributed by atoms with Crippen LogP contribution in [0.1, 0.15) is 28.1 Å². The van der Waals surface area contributed by atoms with Crippen LogP contribution < -0.4 is 0 Å². The molecular formula is C21H25N3O4S2. The SMILES string of the molecule is Cc1ccc(S(=O)(=O)N2CCN(C(=O)[C@@H]3CCCN3C(=O)c3cccs3)CC2)cc1. The lowest BCUT2D eigenvalue weighted by Gasteiger charge is -2.36. The first-order chi connectivity index (χ1) is 14.4. The number of rotatable bonds is 4. The summed E-state index contributed by atoms with van der Waals surface area (Å²) in [6, 6.07) is 9.96. The monoisotopic (exact) mass is 447 g/mol. The lowest BCUT2D eigenvalue weighted by molar-refractivity contribution is -0.136. The summed E-state index contributed by atoms with van der Waals surface area (Å²) in [7, 11) is -3.57. The van der Waals surface area contributed by atoms with Gasteiger partial charge in [-0.1, -0.05) is 23.8 Å². The van der Waals surface area contributed by atoms with Crippen molar-refractivity contribution in [2.45, 2.75) is 30.7 Å². The molecule has 0 spiro atoms. The van der Waals surface area contributed by atoms with Crippen LogP contribution in [0.4, 0.5) is 0 Å². The van der Waals surface area contributed by atoms with Gasteiger partial charge in [0.25, 0.3) is 5.91 Å². The third-order valence-electron chi connectivity index (χ3n) is 5.74. The summed E-state index contributed by atoms with van der Waals surface area (Å²) >= 11 is 1.38. The first-order valence-electron chi connectivity index (χ1n) is 10.1. The van der Waals surface area contributed by atoms with E-state index < -0.39 is 16.1 Å². The Labute approximate surface area is 180 Å². The zero-order chi connectivity index (χ0) is 21.3. The fraction of sp³-hybridized carbons (Fsp3) is 0.429. The normalized spacial score (nSPS) is 20.5. The van der Waals surface area contributed by atoms with E-state index in [0.717, 1.165) is 12.0 Å². The van der Waals surface area contributed by atoms with Gasteiger partial charge in [0.2, 0.25) is 15.9 Å². The molecule has 2 aliphatic rings. The van der Waals surface area contributed by atoms with Gasteiger partial charge < -0.3 is 9.80 Å². The van der Waals surface area contributed by atoms with Crippen molar-refractivity contribution in [2.24, 2.45) is 0 Å². The van der Waals surface area contributed by atoms with Gasteiger partial charge in [0.15, 0.2) is 0 Å². The number of carbonyl (C=O) groups is 2. The molecule has 0 N–H and O–H groups in total. The highest BCUT2D eigenvalue weighted by atomic mass is 32.2. The van der Waals surface area contributed by atoms with E-state index in [0.29, 0.717) is 30.9 Å². The first-order valence-corrected chi connectivity index (χ1v) is 12.4. The number of aryl methyl sites for hydroxylation is 1. The van der Waals surface area contributed by atoms with Gasteiger partial charge in [-0.25, -0.2) is 8.42 Å². The summed E-state index contributed by atoms with van der Waals surface area (Å²) in [4.78, 5) is 30.2. The largest absolute Gasteiger partial charge is 0.338 e. The molecule has 1 atom stereocenters. The van der Waals surface area contributed by atoms with Crippen LogP contribution in [0.2, 0.25) is 0 Å². The summed E-state index contributed by atoms with van der Waals surface area (Å²) < 4.78 is 27.2. The molecule has 2 fully saturated rings. The number of likely N-dealkylation sites (tertiary alicyclic amines) is 1. The zero-order valence-corrected chi connectivity index (χ0v) is 18.5. The Morgan fingerprint density at radius 2 is 1.70 bits per heavy atom. The smallest absolute Gasteiger partial charge is 0.264 e. The number of hydrogen-bond donors (Lipinski definition) is 0. The summed E-state index contributed by atoms with van der Waals surface area (Å²) in [6.07, 6.45) is 1.45. The minimum atomic E-state index is -3.57. The van der Waals surface area contributed by atoms with Crippen molar-refractivity contribution >= 4 is 33.2 Å². The van der Waals surface area contributed by atoms with E-state index in [9.17, 15) is 18.0 Å². The van der Waals surface area contributed by atoms with Crippen LogP contribution in [0, 0.1) is 6.92 Å². The van der Waals surface area contributed by atoms with Crippen LogP contribution in [-0.4, -0.2) is 73.1 Å². The maximum absolute atomic E-state index is 13.1. The molecule has 160 valence electrons. The van der Waals surface area contributed by atoms with Gasteiger partial charge in [-0.05, 0) is 43.3 Å². The van der Waals surface area contributed by atoms with Crippen molar-refractivity contribution in [3.63, 3.8) is 0 Å². The zero-order valence-electron chi connectivity index (χ0n) is 16.9. The van der Waals surface area contributed by atoms with Crippen LogP contribution in [0.3, 0.4) is 0 Å². The van der Waals surface area contributed by atoms with Crippen molar-refractivity contribution in [3.05, 3.63) is 52.2 Å². The molecule has 2 saturated heterocycles. The van der Waals surface area contributed by atoms with Crippen LogP contribution in [0.15, 0.2) is 46.7 Å². The van der Waals surface area contributed by atoms with Gasteiger partial charge in [0.1, 0.15) is 6.04 Å². The average Bonchev–Trinajstić information content (AvgIpc) is 3.45. The highest BCUT2D eigenvalue weighted by Gasteiger charge is 2.39. The van der Waals surface area contributed by atoms with E-state index in [4.69, 9.17) is 0 Å². The van der Waals surface area contributed by atoms with Gasteiger partial charge >= 0.3 is 0 Å². The van der Waals surface area contributed by atoms with Crippen molar-refractivity contribution in [3.8, 4) is 0 Å². The molecule has 9 heteroatoms. The Morgan fingerprint density at radius 3 is 2.33 bits per heavy atom. The van der Waals surface area contributed by atoms with E-state index >= 15 is 0 Å². The third-order valence-corrected chi connectivity index (χ3v) is 8.51. The van der Waals surface area contributed by atoms with Gasteiger partial charge in [0.05, 0.1) is 9.77 Å². The number of thiophene rings is 1. The second-order valence-corrected chi connectivity index (χ2v) is 10.6. The van der Waals surface area contributed by atoms with E-state index in [1.165, 1.54) is 15.6 Å². The van der Waals surface area contributed by atoms with Gasteiger partial charge in [-0.15, -0.1) is 11.3 Å². The van der Waals surface area contributed by atoms with Crippen molar-refractivity contribution in [1.29, 1.82) is 0 Å². The standard InChI is InChI=1S/C21H25N3O4S2/c1-16-6-8-17(9-7-16)30(27,28)23-13-11-22(12-14-23)20(25)18-4-2-10-24(18)21(26)19-5-3-15-29-19/h3,5-9,15,18H,2,4,10-14H2,1H3/t18-/m0/s1. The van der Waals surface area contributed by atoms with Gasteiger partial charge in [0, 0.05) is 32.7 Å². The van der Waals surface area contributed by atoms with Crippen molar-refractivity contribution in [1.82, 2.24) is 14.1 Å². The lowest BCUT2D eigenvalue weighted by Crippen LogP contribution is -2.55. The summed E-state index contributed by atoms with van der Waals surface area (Å²) in [5, 5.41) is 1.86. The molecule has 1 aromatic heterocycles. The Kier molecular flexibility index (Phi) is 5.95. The molecule has 2 aliphatic heterocycles. The molecule has 0 aliphatic carbocycles. The predicted octanol–water partition coefficient (Wildman–Crippen LogP) is 2.19.